The summed E-state index contributed by atoms with van der Waals surface area (Å²) in [6.07, 6.45) is 2.42. The number of carbonyl (C=O) groups is 2. The second kappa shape index (κ2) is 10.6. The molecule has 2 amide bonds. The molecule has 1 aliphatic carbocycles. The second-order valence-corrected chi connectivity index (χ2v) is 9.56. The molecule has 0 aromatic heterocycles. The number of amides is 2. The minimum Gasteiger partial charge on any atom is -0.337 e. The second-order valence-electron chi connectivity index (χ2n) is 9.56. The van der Waals surface area contributed by atoms with Crippen molar-refractivity contribution in [3.8, 4) is 0 Å². The molecule has 2 atom stereocenters. The third-order valence-corrected chi connectivity index (χ3v) is 7.20. The molecule has 1 saturated heterocycles. The first-order chi connectivity index (χ1) is 16.3. The summed E-state index contributed by atoms with van der Waals surface area (Å²) in [6.45, 7) is 6.12. The average molecular weight is 470 g/mol. The monoisotopic (exact) mass is 469 g/mol. The van der Waals surface area contributed by atoms with Crippen molar-refractivity contribution in [1.29, 1.82) is 0 Å². The number of carbonyl (C=O) groups excluding carboxylic acids is 2. The number of rotatable bonds is 6. The van der Waals surface area contributed by atoms with Crippen LogP contribution in [-0.2, 0) is 16.1 Å². The molecule has 5 nitrogen and oxygen atoms in total. The van der Waals surface area contributed by atoms with Gasteiger partial charge in [0.05, 0.1) is 0 Å². The summed E-state index contributed by atoms with van der Waals surface area (Å²) in [4.78, 5) is 29.5. The van der Waals surface area contributed by atoms with Gasteiger partial charge in [0.15, 0.2) is 0 Å². The lowest BCUT2D eigenvalue weighted by molar-refractivity contribution is -0.140. The first-order valence-corrected chi connectivity index (χ1v) is 12.2. The normalized spacial score (nSPS) is 20.4. The number of anilines is 1. The molecule has 2 aromatic rings. The van der Waals surface area contributed by atoms with Crippen LogP contribution in [0.3, 0.4) is 0 Å². The van der Waals surface area contributed by atoms with E-state index in [1.165, 1.54) is 12.1 Å². The van der Waals surface area contributed by atoms with Gasteiger partial charge in [-0.1, -0.05) is 43.2 Å². The fraction of sp³-hybridized carbons (Fsp3) is 0.481. The summed E-state index contributed by atoms with van der Waals surface area (Å²) in [5.41, 5.74) is 1.75. The quantitative estimate of drug-likeness (QED) is 0.647. The predicted octanol–water partition coefficient (Wildman–Crippen LogP) is 5.01. The molecule has 1 saturated carbocycles. The van der Waals surface area contributed by atoms with E-state index in [1.54, 1.807) is 37.3 Å². The SMILES string of the molecule is Cc1c(NC(=O)C(F)c2ccccc2)ccc(F)c1CN1CCN(C(=O)C2CCCC2)C(C)C1. The molecule has 4 rings (SSSR count). The maximum absolute atomic E-state index is 14.8. The van der Waals surface area contributed by atoms with Gasteiger partial charge in [0.25, 0.3) is 5.91 Å². The van der Waals surface area contributed by atoms with Crippen molar-refractivity contribution < 1.29 is 18.4 Å². The van der Waals surface area contributed by atoms with Gasteiger partial charge in [0.1, 0.15) is 5.82 Å². The lowest BCUT2D eigenvalue weighted by atomic mass is 10.0. The van der Waals surface area contributed by atoms with Crippen molar-refractivity contribution in [3.05, 3.63) is 65.0 Å². The molecule has 34 heavy (non-hydrogen) atoms. The summed E-state index contributed by atoms with van der Waals surface area (Å²) < 4.78 is 29.4. The molecule has 2 aromatic carbocycles. The molecule has 1 aliphatic heterocycles. The summed E-state index contributed by atoms with van der Waals surface area (Å²) in [5.74, 6) is -0.716. The molecule has 1 heterocycles. The Morgan fingerprint density at radius 3 is 2.47 bits per heavy atom. The van der Waals surface area contributed by atoms with Crippen molar-refractivity contribution in [2.75, 3.05) is 25.0 Å². The number of halogens is 2. The van der Waals surface area contributed by atoms with E-state index in [0.29, 0.717) is 43.0 Å². The van der Waals surface area contributed by atoms with E-state index < -0.39 is 12.1 Å². The third kappa shape index (κ3) is 5.30. The Labute approximate surface area is 200 Å². The Morgan fingerprint density at radius 2 is 1.79 bits per heavy atom. The lowest BCUT2D eigenvalue weighted by Crippen LogP contribution is -2.54. The fourth-order valence-electron chi connectivity index (χ4n) is 5.16. The molecule has 0 spiro atoms. The van der Waals surface area contributed by atoms with Gasteiger partial charge < -0.3 is 10.2 Å². The topological polar surface area (TPSA) is 52.7 Å². The van der Waals surface area contributed by atoms with E-state index in [9.17, 15) is 18.4 Å². The van der Waals surface area contributed by atoms with Gasteiger partial charge in [-0.2, -0.15) is 0 Å². The number of nitrogens with zero attached hydrogens (tertiary/aromatic N) is 2. The van der Waals surface area contributed by atoms with Crippen LogP contribution in [-0.4, -0.2) is 47.3 Å². The van der Waals surface area contributed by atoms with Crippen LogP contribution in [0.25, 0.3) is 0 Å². The zero-order valence-corrected chi connectivity index (χ0v) is 19.9. The van der Waals surface area contributed by atoms with Crippen LogP contribution < -0.4 is 5.32 Å². The largest absolute Gasteiger partial charge is 0.337 e. The van der Waals surface area contributed by atoms with Gasteiger partial charge in [-0.05, 0) is 49.9 Å². The van der Waals surface area contributed by atoms with Crippen LogP contribution in [0.15, 0.2) is 42.5 Å². The number of benzene rings is 2. The third-order valence-electron chi connectivity index (χ3n) is 7.20. The Balaban J connectivity index is 1.41. The minimum absolute atomic E-state index is 0.0614. The first kappa shape index (κ1) is 24.3. The summed E-state index contributed by atoms with van der Waals surface area (Å²) >= 11 is 0. The number of nitrogens with one attached hydrogen (secondary N) is 1. The van der Waals surface area contributed by atoms with E-state index in [1.807, 2.05) is 11.8 Å². The average Bonchev–Trinajstić information content (AvgIpc) is 3.38. The zero-order valence-electron chi connectivity index (χ0n) is 19.9. The van der Waals surface area contributed by atoms with Crippen LogP contribution in [0.1, 0.15) is 55.5 Å². The maximum Gasteiger partial charge on any atom is 0.263 e. The van der Waals surface area contributed by atoms with Gasteiger partial charge >= 0.3 is 0 Å². The van der Waals surface area contributed by atoms with Crippen LogP contribution in [0.4, 0.5) is 14.5 Å². The van der Waals surface area contributed by atoms with Gasteiger partial charge in [-0.15, -0.1) is 0 Å². The molecule has 2 fully saturated rings. The van der Waals surface area contributed by atoms with Crippen LogP contribution in [0.5, 0.6) is 0 Å². The van der Waals surface area contributed by atoms with Crippen molar-refractivity contribution >= 4 is 17.5 Å². The van der Waals surface area contributed by atoms with Gasteiger partial charge in [-0.3, -0.25) is 14.5 Å². The van der Waals surface area contributed by atoms with Crippen molar-refractivity contribution in [2.24, 2.45) is 5.92 Å². The minimum atomic E-state index is -1.81. The number of piperazine rings is 1. The molecule has 182 valence electrons. The molecular weight excluding hydrogens is 436 g/mol. The van der Waals surface area contributed by atoms with Crippen molar-refractivity contribution in [1.82, 2.24) is 9.80 Å². The highest BCUT2D eigenvalue weighted by Crippen LogP contribution is 2.29. The molecule has 1 N–H and O–H groups in total. The zero-order chi connectivity index (χ0) is 24.2. The first-order valence-electron chi connectivity index (χ1n) is 12.2. The Morgan fingerprint density at radius 1 is 1.09 bits per heavy atom. The Bertz CT molecular complexity index is 1020. The van der Waals surface area contributed by atoms with Crippen LogP contribution in [0.2, 0.25) is 0 Å². The molecule has 2 unspecified atom stereocenters. The highest BCUT2D eigenvalue weighted by atomic mass is 19.1. The Kier molecular flexibility index (Phi) is 7.61. The number of hydrogen-bond donors (Lipinski definition) is 1. The van der Waals surface area contributed by atoms with E-state index in [2.05, 4.69) is 10.2 Å². The van der Waals surface area contributed by atoms with E-state index in [4.69, 9.17) is 0 Å². The van der Waals surface area contributed by atoms with Crippen molar-refractivity contribution in [2.45, 2.75) is 58.3 Å². The van der Waals surface area contributed by atoms with Crippen LogP contribution in [0, 0.1) is 18.7 Å². The Hall–Kier alpha value is -2.80. The lowest BCUT2D eigenvalue weighted by Gasteiger charge is -2.41. The molecule has 7 heteroatoms. The number of hydrogen-bond acceptors (Lipinski definition) is 3. The molecule has 0 bridgehead atoms. The standard InChI is InChI=1S/C27H33F2N3O2/c1-18-16-31(14-15-32(18)27(34)21-10-6-7-11-21)17-22-19(2)24(13-12-23(22)28)30-26(33)25(29)20-8-4-3-5-9-20/h3-5,8-9,12-13,18,21,25H,6-7,10-11,14-17H2,1-2H3,(H,30,33). The van der Waals surface area contributed by atoms with Gasteiger partial charge in [0, 0.05) is 49.4 Å². The summed E-state index contributed by atoms with van der Waals surface area (Å²) in [7, 11) is 0. The van der Waals surface area contributed by atoms with E-state index in [0.717, 1.165) is 25.7 Å². The molecular formula is C27H33F2N3O2. The predicted molar refractivity (Wildman–Crippen MR) is 128 cm³/mol. The van der Waals surface area contributed by atoms with Gasteiger partial charge in [-0.25, -0.2) is 8.78 Å². The summed E-state index contributed by atoms with van der Waals surface area (Å²) in [6, 6.07) is 11.1. The maximum atomic E-state index is 14.8. The van der Waals surface area contributed by atoms with Crippen LogP contribution >= 0.6 is 0 Å². The van der Waals surface area contributed by atoms with Crippen molar-refractivity contribution in [3.63, 3.8) is 0 Å². The highest BCUT2D eigenvalue weighted by molar-refractivity contribution is 5.95. The van der Waals surface area contributed by atoms with E-state index in [-0.39, 0.29) is 29.2 Å². The summed E-state index contributed by atoms with van der Waals surface area (Å²) in [5, 5.41) is 2.62. The smallest absolute Gasteiger partial charge is 0.263 e. The molecule has 0 radical (unpaired) electrons. The highest BCUT2D eigenvalue weighted by Gasteiger charge is 2.33. The fourth-order valence-corrected chi connectivity index (χ4v) is 5.16. The molecule has 2 aliphatic rings. The van der Waals surface area contributed by atoms with Gasteiger partial charge in [0.2, 0.25) is 12.1 Å². The van der Waals surface area contributed by atoms with E-state index >= 15 is 0 Å². The number of alkyl halides is 1.